The normalized spacial score (nSPS) is 15.0. The molecule has 0 aromatic heterocycles. The molecule has 12 heteroatoms. The fourth-order valence-electron chi connectivity index (χ4n) is 2.25. The van der Waals surface area contributed by atoms with E-state index in [0.29, 0.717) is 0 Å². The van der Waals surface area contributed by atoms with Crippen molar-refractivity contribution in [3.8, 4) is 0 Å². The van der Waals surface area contributed by atoms with Gasteiger partial charge in [0.05, 0.1) is 6.04 Å². The molecule has 4 atom stereocenters. The SMILES string of the molecule is CC(C)CC(NC(=O)C(CS)NC(=O)C(N)CCC(N)=O)C(=O)NC(C)C(=O)O. The molecule has 8 N–H and O–H groups in total. The molecule has 0 spiro atoms. The van der Waals surface area contributed by atoms with E-state index in [-0.39, 0.29) is 30.9 Å². The van der Waals surface area contributed by atoms with Crippen LogP contribution in [0.15, 0.2) is 0 Å². The molecule has 4 amide bonds. The van der Waals surface area contributed by atoms with Gasteiger partial charge in [-0.25, -0.2) is 0 Å². The number of nitrogens with two attached hydrogens (primary N) is 2. The average molecular weight is 434 g/mol. The lowest BCUT2D eigenvalue weighted by Gasteiger charge is -2.25. The van der Waals surface area contributed by atoms with Crippen molar-refractivity contribution in [2.24, 2.45) is 17.4 Å². The lowest BCUT2D eigenvalue weighted by atomic mass is 10.0. The first-order valence-corrected chi connectivity index (χ1v) is 9.80. The molecule has 0 heterocycles. The van der Waals surface area contributed by atoms with E-state index in [0.717, 1.165) is 0 Å². The number of carbonyl (C=O) groups excluding carboxylic acids is 4. The van der Waals surface area contributed by atoms with Crippen molar-refractivity contribution in [3.05, 3.63) is 0 Å². The van der Waals surface area contributed by atoms with E-state index in [1.165, 1.54) is 6.92 Å². The van der Waals surface area contributed by atoms with Crippen LogP contribution in [-0.4, -0.2) is 64.6 Å². The third kappa shape index (κ3) is 10.7. The third-order valence-electron chi connectivity index (χ3n) is 3.92. The lowest BCUT2D eigenvalue weighted by Crippen LogP contribution is -2.57. The molecule has 0 aliphatic rings. The van der Waals surface area contributed by atoms with Gasteiger partial charge in [-0.3, -0.25) is 24.0 Å². The minimum absolute atomic E-state index is 0.0214. The van der Waals surface area contributed by atoms with Gasteiger partial charge >= 0.3 is 5.97 Å². The number of nitrogens with one attached hydrogen (secondary N) is 3. The molecule has 0 aliphatic carbocycles. The van der Waals surface area contributed by atoms with Crippen LogP contribution in [0.2, 0.25) is 0 Å². The van der Waals surface area contributed by atoms with Crippen LogP contribution in [0.5, 0.6) is 0 Å². The van der Waals surface area contributed by atoms with Crippen molar-refractivity contribution in [2.75, 3.05) is 5.75 Å². The molecule has 0 saturated carbocycles. The lowest BCUT2D eigenvalue weighted by molar-refractivity contribution is -0.141. The Bertz CT molecular complexity index is 615. The zero-order chi connectivity index (χ0) is 22.7. The predicted molar refractivity (Wildman–Crippen MR) is 109 cm³/mol. The van der Waals surface area contributed by atoms with E-state index < -0.39 is 53.8 Å². The van der Waals surface area contributed by atoms with E-state index >= 15 is 0 Å². The summed E-state index contributed by atoms with van der Waals surface area (Å²) < 4.78 is 0. The molecule has 0 radical (unpaired) electrons. The fourth-order valence-corrected chi connectivity index (χ4v) is 2.51. The van der Waals surface area contributed by atoms with Gasteiger partial charge in [-0.1, -0.05) is 13.8 Å². The maximum atomic E-state index is 12.5. The van der Waals surface area contributed by atoms with Crippen molar-refractivity contribution in [2.45, 2.75) is 64.2 Å². The fraction of sp³-hybridized carbons (Fsp3) is 0.706. The van der Waals surface area contributed by atoms with Crippen LogP contribution < -0.4 is 27.4 Å². The Morgan fingerprint density at radius 1 is 0.931 bits per heavy atom. The summed E-state index contributed by atoms with van der Waals surface area (Å²) in [6, 6.07) is -4.24. The minimum Gasteiger partial charge on any atom is -0.480 e. The molecule has 0 aliphatic heterocycles. The Balaban J connectivity index is 5.04. The second kappa shape index (κ2) is 13.0. The number of amides is 4. The molecule has 0 aromatic carbocycles. The summed E-state index contributed by atoms with van der Waals surface area (Å²) in [7, 11) is 0. The number of carbonyl (C=O) groups is 5. The van der Waals surface area contributed by atoms with Gasteiger partial charge in [0, 0.05) is 12.2 Å². The number of hydrogen-bond acceptors (Lipinski definition) is 7. The van der Waals surface area contributed by atoms with Crippen LogP contribution >= 0.6 is 12.6 Å². The summed E-state index contributed by atoms with van der Waals surface area (Å²) in [5.41, 5.74) is 10.7. The van der Waals surface area contributed by atoms with Crippen molar-refractivity contribution < 1.29 is 29.1 Å². The van der Waals surface area contributed by atoms with Gasteiger partial charge in [0.15, 0.2) is 0 Å². The van der Waals surface area contributed by atoms with Crippen molar-refractivity contribution in [1.82, 2.24) is 16.0 Å². The molecule has 11 nitrogen and oxygen atoms in total. The second-order valence-corrected chi connectivity index (χ2v) is 7.48. The second-order valence-electron chi connectivity index (χ2n) is 7.11. The van der Waals surface area contributed by atoms with Crippen LogP contribution in [0, 0.1) is 5.92 Å². The third-order valence-corrected chi connectivity index (χ3v) is 4.29. The van der Waals surface area contributed by atoms with Crippen LogP contribution in [-0.2, 0) is 24.0 Å². The minimum atomic E-state index is -1.21. The molecular formula is C17H31N5O6S. The van der Waals surface area contributed by atoms with Gasteiger partial charge < -0.3 is 32.5 Å². The average Bonchev–Trinajstić information content (AvgIpc) is 2.62. The van der Waals surface area contributed by atoms with Gasteiger partial charge in [-0.05, 0) is 25.7 Å². The van der Waals surface area contributed by atoms with Gasteiger partial charge in [-0.2, -0.15) is 12.6 Å². The Labute approximate surface area is 175 Å². The Hall–Kier alpha value is -2.34. The highest BCUT2D eigenvalue weighted by Gasteiger charge is 2.29. The molecule has 29 heavy (non-hydrogen) atoms. The number of rotatable bonds is 13. The monoisotopic (exact) mass is 433 g/mol. The Morgan fingerprint density at radius 2 is 1.45 bits per heavy atom. The predicted octanol–water partition coefficient (Wildman–Crippen LogP) is -1.89. The standard InChI is InChI=1S/C17H31N5O6S/c1-8(2)6-11(15(25)20-9(3)17(27)28)21-16(26)12(7-29)22-14(24)10(18)4-5-13(19)23/h8-12,29H,4-7,18H2,1-3H3,(H2,19,23)(H,20,25)(H,21,26)(H,22,24)(H,27,28). The van der Waals surface area contributed by atoms with Crippen LogP contribution in [0.1, 0.15) is 40.0 Å². The molecule has 0 bridgehead atoms. The highest BCUT2D eigenvalue weighted by Crippen LogP contribution is 2.06. The molecule has 166 valence electrons. The number of thiol groups is 1. The summed E-state index contributed by atoms with van der Waals surface area (Å²) in [6.45, 7) is 4.98. The first-order valence-electron chi connectivity index (χ1n) is 9.17. The Kier molecular flexibility index (Phi) is 11.9. The number of aliphatic carboxylic acids is 1. The topological polar surface area (TPSA) is 194 Å². The van der Waals surface area contributed by atoms with E-state index in [9.17, 15) is 24.0 Å². The summed E-state index contributed by atoms with van der Waals surface area (Å²) >= 11 is 4.04. The van der Waals surface area contributed by atoms with Crippen LogP contribution in [0.3, 0.4) is 0 Å². The highest BCUT2D eigenvalue weighted by atomic mass is 32.1. The smallest absolute Gasteiger partial charge is 0.325 e. The number of primary amides is 1. The number of hydrogen-bond donors (Lipinski definition) is 7. The van der Waals surface area contributed by atoms with Crippen molar-refractivity contribution in [1.29, 1.82) is 0 Å². The maximum absolute atomic E-state index is 12.5. The van der Waals surface area contributed by atoms with Crippen LogP contribution in [0.25, 0.3) is 0 Å². The summed E-state index contributed by atoms with van der Waals surface area (Å²) in [5, 5.41) is 16.2. The van der Waals surface area contributed by atoms with Gasteiger partial charge in [0.2, 0.25) is 23.6 Å². The molecule has 0 aromatic rings. The van der Waals surface area contributed by atoms with E-state index in [2.05, 4.69) is 28.6 Å². The highest BCUT2D eigenvalue weighted by molar-refractivity contribution is 7.80. The van der Waals surface area contributed by atoms with Crippen molar-refractivity contribution >= 4 is 42.2 Å². The summed E-state index contributed by atoms with van der Waals surface area (Å²) in [6.07, 6.45) is 0.202. The quantitative estimate of drug-likeness (QED) is 0.165. The first kappa shape index (κ1) is 26.7. The van der Waals surface area contributed by atoms with Crippen LogP contribution in [0.4, 0.5) is 0 Å². The van der Waals surface area contributed by atoms with E-state index in [1.54, 1.807) is 0 Å². The van der Waals surface area contributed by atoms with Gasteiger partial charge in [-0.15, -0.1) is 0 Å². The number of carboxylic acid groups (broad SMARTS) is 1. The largest absolute Gasteiger partial charge is 0.480 e. The van der Waals surface area contributed by atoms with Gasteiger partial charge in [0.1, 0.15) is 18.1 Å². The van der Waals surface area contributed by atoms with E-state index in [1.807, 2.05) is 13.8 Å². The maximum Gasteiger partial charge on any atom is 0.325 e. The molecular weight excluding hydrogens is 402 g/mol. The zero-order valence-electron chi connectivity index (χ0n) is 16.8. The Morgan fingerprint density at radius 3 is 1.90 bits per heavy atom. The van der Waals surface area contributed by atoms with Gasteiger partial charge in [0.25, 0.3) is 0 Å². The molecule has 4 unspecified atom stereocenters. The molecule has 0 saturated heterocycles. The molecule has 0 fully saturated rings. The first-order chi connectivity index (χ1) is 13.4. The molecule has 0 rings (SSSR count). The van der Waals surface area contributed by atoms with Crippen molar-refractivity contribution in [3.63, 3.8) is 0 Å². The number of carboxylic acids is 1. The zero-order valence-corrected chi connectivity index (χ0v) is 17.7. The van der Waals surface area contributed by atoms with E-state index in [4.69, 9.17) is 16.6 Å². The summed E-state index contributed by atoms with van der Waals surface area (Å²) in [4.78, 5) is 58.7. The summed E-state index contributed by atoms with van der Waals surface area (Å²) in [5.74, 6) is -3.83.